The molecule has 0 fully saturated rings. The van der Waals surface area contributed by atoms with Crippen molar-refractivity contribution in [1.29, 1.82) is 0 Å². The van der Waals surface area contributed by atoms with Gasteiger partial charge in [0, 0.05) is 34.3 Å². The Hall–Kier alpha value is -4.25. The van der Waals surface area contributed by atoms with E-state index in [9.17, 15) is 0 Å². The molecular weight excluding hydrogens is 372 g/mol. The van der Waals surface area contributed by atoms with Gasteiger partial charge in [-0.2, -0.15) is 0 Å². The molecule has 0 radical (unpaired) electrons. The van der Waals surface area contributed by atoms with Gasteiger partial charge in [0.15, 0.2) is 5.82 Å². The summed E-state index contributed by atoms with van der Waals surface area (Å²) >= 11 is 0. The van der Waals surface area contributed by atoms with E-state index in [1.54, 1.807) is 6.20 Å². The molecule has 0 spiro atoms. The average molecular weight is 390 g/mol. The van der Waals surface area contributed by atoms with Gasteiger partial charge in [0.2, 0.25) is 5.88 Å². The number of hydrogen-bond acceptors (Lipinski definition) is 5. The first-order valence-corrected chi connectivity index (χ1v) is 9.64. The number of benzene rings is 3. The average Bonchev–Trinajstić information content (AvgIpc) is 2.82. The Bertz CT molecular complexity index is 1270. The Morgan fingerprint density at radius 3 is 2.13 bits per heavy atom. The fraction of sp³-hybridized carbons (Fsp3) is 0. The molecule has 0 bridgehead atoms. The number of nitrogens with one attached hydrogen (secondary N) is 1. The van der Waals surface area contributed by atoms with Gasteiger partial charge < -0.3 is 10.1 Å². The largest absolute Gasteiger partial charge is 0.439 e. The zero-order valence-electron chi connectivity index (χ0n) is 16.1. The van der Waals surface area contributed by atoms with Crippen molar-refractivity contribution in [2.24, 2.45) is 0 Å². The van der Waals surface area contributed by atoms with Crippen LogP contribution in [-0.4, -0.2) is 15.2 Å². The molecule has 5 rings (SSSR count). The van der Waals surface area contributed by atoms with Crippen molar-refractivity contribution in [2.75, 3.05) is 5.32 Å². The predicted molar refractivity (Wildman–Crippen MR) is 119 cm³/mol. The summed E-state index contributed by atoms with van der Waals surface area (Å²) in [6.45, 7) is 0. The fourth-order valence-electron chi connectivity index (χ4n) is 3.28. The zero-order chi connectivity index (χ0) is 20.2. The summed E-state index contributed by atoms with van der Waals surface area (Å²) in [7, 11) is 0. The quantitative estimate of drug-likeness (QED) is 0.386. The molecule has 30 heavy (non-hydrogen) atoms. The van der Waals surface area contributed by atoms with Gasteiger partial charge in [0.25, 0.3) is 0 Å². The molecule has 5 nitrogen and oxygen atoms in total. The molecule has 5 aromatic rings. The van der Waals surface area contributed by atoms with E-state index in [1.165, 1.54) is 0 Å². The highest BCUT2D eigenvalue weighted by Crippen LogP contribution is 2.31. The van der Waals surface area contributed by atoms with Gasteiger partial charge in [-0.15, -0.1) is 10.2 Å². The highest BCUT2D eigenvalue weighted by Gasteiger charge is 2.11. The summed E-state index contributed by atoms with van der Waals surface area (Å²) in [6, 6.07) is 31.5. The van der Waals surface area contributed by atoms with Crippen LogP contribution in [0.3, 0.4) is 0 Å². The molecule has 0 saturated carbocycles. The lowest BCUT2D eigenvalue weighted by atomic mass is 10.0. The van der Waals surface area contributed by atoms with E-state index in [0.717, 1.165) is 33.5 Å². The van der Waals surface area contributed by atoms with E-state index in [4.69, 9.17) is 4.74 Å². The topological polar surface area (TPSA) is 59.9 Å². The summed E-state index contributed by atoms with van der Waals surface area (Å²) in [6.07, 6.45) is 1.70. The summed E-state index contributed by atoms with van der Waals surface area (Å²) < 4.78 is 5.75. The lowest BCUT2D eigenvalue weighted by molar-refractivity contribution is 0.463. The first kappa shape index (κ1) is 17.8. The van der Waals surface area contributed by atoms with Gasteiger partial charge in [-0.1, -0.05) is 60.7 Å². The zero-order valence-corrected chi connectivity index (χ0v) is 16.1. The van der Waals surface area contributed by atoms with Crippen molar-refractivity contribution in [2.45, 2.75) is 0 Å². The molecule has 0 aliphatic rings. The molecular formula is C25H18N4O. The number of nitrogens with zero attached hydrogens (tertiary/aromatic N) is 3. The number of hydrogen-bond donors (Lipinski definition) is 1. The summed E-state index contributed by atoms with van der Waals surface area (Å²) in [4.78, 5) is 4.18. The molecule has 0 unspecified atom stereocenters. The van der Waals surface area contributed by atoms with Gasteiger partial charge >= 0.3 is 0 Å². The van der Waals surface area contributed by atoms with Crippen LogP contribution >= 0.6 is 0 Å². The molecule has 144 valence electrons. The van der Waals surface area contributed by atoms with Crippen LogP contribution in [0.2, 0.25) is 0 Å². The first-order chi connectivity index (χ1) is 14.9. The SMILES string of the molecule is c1ccc(-c2nnc(Nc3ccc(Oc4ccccn4)cc3)c3ccccc23)cc1. The fourth-order valence-corrected chi connectivity index (χ4v) is 3.28. The van der Waals surface area contributed by atoms with Crippen LogP contribution in [-0.2, 0) is 0 Å². The van der Waals surface area contributed by atoms with Crippen LogP contribution in [0.1, 0.15) is 0 Å². The summed E-state index contributed by atoms with van der Waals surface area (Å²) in [5, 5.41) is 14.4. The molecule has 2 heterocycles. The van der Waals surface area contributed by atoms with Gasteiger partial charge in [-0.25, -0.2) is 4.98 Å². The van der Waals surface area contributed by atoms with Gasteiger partial charge in [-0.05, 0) is 30.3 Å². The molecule has 0 amide bonds. The third kappa shape index (κ3) is 3.69. The lowest BCUT2D eigenvalue weighted by Crippen LogP contribution is -1.99. The van der Waals surface area contributed by atoms with Crippen LogP contribution in [0.25, 0.3) is 22.0 Å². The minimum Gasteiger partial charge on any atom is -0.439 e. The molecule has 2 aromatic heterocycles. The normalized spacial score (nSPS) is 10.7. The number of ether oxygens (including phenoxy) is 1. The van der Waals surface area contributed by atoms with Crippen molar-refractivity contribution in [1.82, 2.24) is 15.2 Å². The molecule has 0 aliphatic carbocycles. The highest BCUT2D eigenvalue weighted by atomic mass is 16.5. The number of anilines is 2. The van der Waals surface area contributed by atoms with E-state index in [0.29, 0.717) is 11.7 Å². The number of pyridine rings is 1. The molecule has 3 aromatic carbocycles. The van der Waals surface area contributed by atoms with Crippen molar-refractivity contribution in [3.05, 3.63) is 103 Å². The second-order valence-electron chi connectivity index (χ2n) is 6.73. The Kier molecular flexibility index (Phi) is 4.76. The van der Waals surface area contributed by atoms with Gasteiger partial charge in [-0.3, -0.25) is 0 Å². The van der Waals surface area contributed by atoms with Gasteiger partial charge in [0.05, 0.1) is 0 Å². The smallest absolute Gasteiger partial charge is 0.219 e. The van der Waals surface area contributed by atoms with Crippen LogP contribution < -0.4 is 10.1 Å². The minimum atomic E-state index is 0.562. The number of rotatable bonds is 5. The third-order valence-corrected chi connectivity index (χ3v) is 4.71. The summed E-state index contributed by atoms with van der Waals surface area (Å²) in [5.41, 5.74) is 2.81. The molecule has 0 aliphatic heterocycles. The maximum Gasteiger partial charge on any atom is 0.219 e. The Morgan fingerprint density at radius 2 is 1.37 bits per heavy atom. The van der Waals surface area contributed by atoms with Gasteiger partial charge in [0.1, 0.15) is 11.4 Å². The second-order valence-corrected chi connectivity index (χ2v) is 6.73. The minimum absolute atomic E-state index is 0.562. The van der Waals surface area contributed by atoms with E-state index in [1.807, 2.05) is 84.9 Å². The maximum atomic E-state index is 5.75. The van der Waals surface area contributed by atoms with E-state index < -0.39 is 0 Å². The van der Waals surface area contributed by atoms with E-state index in [2.05, 4.69) is 32.6 Å². The van der Waals surface area contributed by atoms with E-state index >= 15 is 0 Å². The van der Waals surface area contributed by atoms with E-state index in [-0.39, 0.29) is 0 Å². The van der Waals surface area contributed by atoms with Crippen molar-refractivity contribution in [3.8, 4) is 22.9 Å². The molecule has 0 saturated heterocycles. The lowest BCUT2D eigenvalue weighted by Gasteiger charge is -2.12. The summed E-state index contributed by atoms with van der Waals surface area (Å²) in [5.74, 6) is 1.99. The van der Waals surface area contributed by atoms with Crippen molar-refractivity contribution in [3.63, 3.8) is 0 Å². The van der Waals surface area contributed by atoms with Crippen LogP contribution in [0.15, 0.2) is 103 Å². The molecule has 0 atom stereocenters. The van der Waals surface area contributed by atoms with Crippen LogP contribution in [0.5, 0.6) is 11.6 Å². The third-order valence-electron chi connectivity index (χ3n) is 4.71. The monoisotopic (exact) mass is 390 g/mol. The number of aromatic nitrogens is 3. The first-order valence-electron chi connectivity index (χ1n) is 9.64. The predicted octanol–water partition coefficient (Wildman–Crippen LogP) is 6.23. The Morgan fingerprint density at radius 1 is 0.633 bits per heavy atom. The maximum absolute atomic E-state index is 5.75. The molecule has 1 N–H and O–H groups in total. The number of fused-ring (bicyclic) bond motifs is 1. The highest BCUT2D eigenvalue weighted by molar-refractivity contribution is 6.00. The Labute approximate surface area is 174 Å². The van der Waals surface area contributed by atoms with Crippen LogP contribution in [0.4, 0.5) is 11.5 Å². The second kappa shape index (κ2) is 8.01. The standard InChI is InChI=1S/C25H18N4O/c1-2-8-18(9-3-1)24-21-10-4-5-11-22(21)25(29-28-24)27-19-13-15-20(16-14-19)30-23-12-6-7-17-26-23/h1-17H,(H,27,29). The van der Waals surface area contributed by atoms with Crippen molar-refractivity contribution < 1.29 is 4.74 Å². The molecule has 5 heteroatoms. The van der Waals surface area contributed by atoms with Crippen LogP contribution in [0, 0.1) is 0 Å². The Balaban J connectivity index is 1.43. The van der Waals surface area contributed by atoms with Crippen molar-refractivity contribution >= 4 is 22.3 Å².